The Balaban J connectivity index is 1.45. The summed E-state index contributed by atoms with van der Waals surface area (Å²) in [5.41, 5.74) is 4.21. The topological polar surface area (TPSA) is 99.2 Å². The van der Waals surface area contributed by atoms with E-state index in [1.54, 1.807) is 18.5 Å². The Morgan fingerprint density at radius 3 is 2.34 bits per heavy atom. The molecule has 8 nitrogen and oxygen atoms in total. The highest BCUT2D eigenvalue weighted by Gasteiger charge is 2.24. The Kier molecular flexibility index (Phi) is 5.85. The van der Waals surface area contributed by atoms with E-state index in [0.29, 0.717) is 22.8 Å². The molecular formula is C24H22N4O4. The number of anilines is 1. The van der Waals surface area contributed by atoms with Crippen molar-refractivity contribution in [2.75, 3.05) is 11.9 Å². The van der Waals surface area contributed by atoms with Gasteiger partial charge in [0.25, 0.3) is 5.91 Å². The number of amides is 1. The number of nitrogens with zero attached hydrogens (tertiary/aromatic N) is 3. The predicted octanol–water partition coefficient (Wildman–Crippen LogP) is 4.25. The van der Waals surface area contributed by atoms with Crippen molar-refractivity contribution < 1.29 is 18.8 Å². The van der Waals surface area contributed by atoms with Crippen molar-refractivity contribution in [3.05, 3.63) is 83.4 Å². The first kappa shape index (κ1) is 21.0. The fourth-order valence-corrected chi connectivity index (χ4v) is 3.43. The molecule has 0 bridgehead atoms. The second-order valence-electron chi connectivity index (χ2n) is 7.25. The Labute approximate surface area is 184 Å². The summed E-state index contributed by atoms with van der Waals surface area (Å²) in [6.45, 7) is 4.84. The van der Waals surface area contributed by atoms with E-state index in [-0.39, 0.29) is 5.56 Å². The number of hydrogen-bond donors (Lipinski definition) is 1. The van der Waals surface area contributed by atoms with Crippen molar-refractivity contribution >= 4 is 17.6 Å². The van der Waals surface area contributed by atoms with Crippen LogP contribution in [-0.2, 0) is 9.53 Å². The molecule has 1 N–H and O–H groups in total. The third-order valence-corrected chi connectivity index (χ3v) is 5.00. The molecule has 2 aromatic carbocycles. The molecule has 4 rings (SSSR count). The zero-order valence-corrected chi connectivity index (χ0v) is 18.0. The van der Waals surface area contributed by atoms with Crippen molar-refractivity contribution in [3.63, 3.8) is 0 Å². The lowest BCUT2D eigenvalue weighted by Crippen LogP contribution is -2.22. The fraction of sp³-hybridized carbons (Fsp3) is 0.167. The molecule has 162 valence electrons. The monoisotopic (exact) mass is 430 g/mol. The lowest BCUT2D eigenvalue weighted by molar-refractivity contribution is -0.119. The summed E-state index contributed by atoms with van der Waals surface area (Å²) in [5.74, 6) is -0.816. The van der Waals surface area contributed by atoms with Crippen LogP contribution in [0, 0.1) is 20.8 Å². The first-order valence-electron chi connectivity index (χ1n) is 10.1. The average Bonchev–Trinajstić information content (AvgIpc) is 3.33. The number of esters is 1. The van der Waals surface area contributed by atoms with Crippen LogP contribution >= 0.6 is 0 Å². The number of carbonyl (C=O) groups excluding carboxylic acids is 2. The van der Waals surface area contributed by atoms with Crippen molar-refractivity contribution in [2.45, 2.75) is 20.8 Å². The van der Waals surface area contributed by atoms with E-state index in [0.717, 1.165) is 16.9 Å². The maximum Gasteiger partial charge on any atom is 0.344 e. The van der Waals surface area contributed by atoms with E-state index in [2.05, 4.69) is 15.6 Å². The van der Waals surface area contributed by atoms with Gasteiger partial charge >= 0.3 is 5.97 Å². The van der Waals surface area contributed by atoms with Gasteiger partial charge in [0.2, 0.25) is 0 Å². The molecule has 0 aliphatic rings. The smallest absolute Gasteiger partial charge is 0.344 e. The molecule has 0 saturated carbocycles. The molecule has 0 atom stereocenters. The van der Waals surface area contributed by atoms with Crippen LogP contribution < -0.4 is 5.32 Å². The lowest BCUT2D eigenvalue weighted by atomic mass is 10.1. The van der Waals surface area contributed by atoms with Crippen LogP contribution in [0.25, 0.3) is 16.9 Å². The van der Waals surface area contributed by atoms with Crippen LogP contribution in [0.5, 0.6) is 0 Å². The largest absolute Gasteiger partial charge is 0.452 e. The maximum atomic E-state index is 12.7. The van der Waals surface area contributed by atoms with Crippen molar-refractivity contribution in [2.24, 2.45) is 0 Å². The summed E-state index contributed by atoms with van der Waals surface area (Å²) < 4.78 is 12.2. The predicted molar refractivity (Wildman–Crippen MR) is 119 cm³/mol. The zero-order valence-electron chi connectivity index (χ0n) is 18.0. The molecule has 0 radical (unpaired) electrons. The van der Waals surface area contributed by atoms with E-state index in [9.17, 15) is 9.59 Å². The molecule has 0 aliphatic heterocycles. The van der Waals surface area contributed by atoms with E-state index in [1.165, 1.54) is 0 Å². The first-order chi connectivity index (χ1) is 15.5. The van der Waals surface area contributed by atoms with Crippen LogP contribution in [0.15, 0.2) is 65.2 Å². The van der Waals surface area contributed by atoms with E-state index < -0.39 is 18.5 Å². The first-order valence-corrected chi connectivity index (χ1v) is 10.1. The zero-order chi connectivity index (χ0) is 22.7. The van der Waals surface area contributed by atoms with Crippen molar-refractivity contribution in [1.29, 1.82) is 0 Å². The van der Waals surface area contributed by atoms with Crippen LogP contribution in [0.2, 0.25) is 0 Å². The standard InChI is InChI=1S/C24H22N4O4/c1-15-22(16(2)28(26-15)19-12-8-5-9-13-19)25-20(29)14-31-24(30)21-17(3)32-27-23(21)18-10-6-4-7-11-18/h4-13H,14H2,1-3H3,(H,25,29). The number of nitrogens with one attached hydrogen (secondary N) is 1. The minimum atomic E-state index is -0.675. The number of benzene rings is 2. The van der Waals surface area contributed by atoms with Crippen LogP contribution in [0.3, 0.4) is 0 Å². The molecule has 8 heteroatoms. The molecular weight excluding hydrogens is 408 g/mol. The van der Waals surface area contributed by atoms with E-state index in [1.807, 2.05) is 67.6 Å². The molecule has 0 spiro atoms. The average molecular weight is 430 g/mol. The second kappa shape index (κ2) is 8.89. The number of carbonyl (C=O) groups is 2. The molecule has 1 amide bonds. The molecule has 0 unspecified atom stereocenters. The minimum absolute atomic E-state index is 0.202. The lowest BCUT2D eigenvalue weighted by Gasteiger charge is -2.08. The SMILES string of the molecule is Cc1nn(-c2ccccc2)c(C)c1NC(=O)COC(=O)c1c(-c2ccccc2)noc1C. The number of para-hydroxylation sites is 1. The molecule has 32 heavy (non-hydrogen) atoms. The van der Waals surface area contributed by atoms with Gasteiger partial charge in [-0.05, 0) is 32.9 Å². The summed E-state index contributed by atoms with van der Waals surface area (Å²) in [7, 11) is 0. The van der Waals surface area contributed by atoms with Gasteiger partial charge < -0.3 is 14.6 Å². The number of aromatic nitrogens is 3. The van der Waals surface area contributed by atoms with Crippen LogP contribution in [-0.4, -0.2) is 33.4 Å². The quantitative estimate of drug-likeness (QED) is 0.459. The third kappa shape index (κ3) is 4.15. The van der Waals surface area contributed by atoms with Gasteiger partial charge in [-0.1, -0.05) is 53.7 Å². The maximum absolute atomic E-state index is 12.7. The molecule has 2 heterocycles. The summed E-state index contributed by atoms with van der Waals surface area (Å²) in [5, 5.41) is 11.3. The van der Waals surface area contributed by atoms with Crippen molar-refractivity contribution in [3.8, 4) is 16.9 Å². The van der Waals surface area contributed by atoms with Gasteiger partial charge in [0, 0.05) is 5.56 Å². The van der Waals surface area contributed by atoms with Crippen molar-refractivity contribution in [1.82, 2.24) is 14.9 Å². The number of hydrogen-bond acceptors (Lipinski definition) is 6. The Hall–Kier alpha value is -4.20. The second-order valence-corrected chi connectivity index (χ2v) is 7.25. The summed E-state index contributed by atoms with van der Waals surface area (Å²) in [4.78, 5) is 25.2. The highest BCUT2D eigenvalue weighted by Crippen LogP contribution is 2.26. The summed E-state index contributed by atoms with van der Waals surface area (Å²) in [6.07, 6.45) is 0. The number of ether oxygens (including phenoxy) is 1. The molecule has 0 fully saturated rings. The normalized spacial score (nSPS) is 10.7. The highest BCUT2D eigenvalue weighted by molar-refractivity contribution is 5.99. The number of rotatable bonds is 6. The van der Waals surface area contributed by atoms with Gasteiger partial charge in [-0.25, -0.2) is 9.48 Å². The van der Waals surface area contributed by atoms with E-state index >= 15 is 0 Å². The van der Waals surface area contributed by atoms with Gasteiger partial charge in [-0.2, -0.15) is 5.10 Å². The van der Waals surface area contributed by atoms with Gasteiger partial charge in [-0.3, -0.25) is 4.79 Å². The molecule has 0 aliphatic carbocycles. The Morgan fingerprint density at radius 2 is 1.66 bits per heavy atom. The molecule has 0 saturated heterocycles. The van der Waals surface area contributed by atoms with Gasteiger partial charge in [-0.15, -0.1) is 0 Å². The fourth-order valence-electron chi connectivity index (χ4n) is 3.43. The Bertz CT molecular complexity index is 1260. The van der Waals surface area contributed by atoms with Gasteiger partial charge in [0.15, 0.2) is 6.61 Å². The van der Waals surface area contributed by atoms with Crippen LogP contribution in [0.1, 0.15) is 27.5 Å². The summed E-state index contributed by atoms with van der Waals surface area (Å²) >= 11 is 0. The van der Waals surface area contributed by atoms with Gasteiger partial charge in [0.1, 0.15) is 17.0 Å². The molecule has 4 aromatic rings. The minimum Gasteiger partial charge on any atom is -0.452 e. The molecule has 2 aromatic heterocycles. The van der Waals surface area contributed by atoms with Gasteiger partial charge in [0.05, 0.1) is 22.8 Å². The Morgan fingerprint density at radius 1 is 1.00 bits per heavy atom. The highest BCUT2D eigenvalue weighted by atomic mass is 16.5. The number of aryl methyl sites for hydroxylation is 2. The summed E-state index contributed by atoms with van der Waals surface area (Å²) in [6, 6.07) is 18.8. The van der Waals surface area contributed by atoms with E-state index in [4.69, 9.17) is 9.26 Å². The third-order valence-electron chi connectivity index (χ3n) is 5.00. The van der Waals surface area contributed by atoms with Crippen LogP contribution in [0.4, 0.5) is 5.69 Å².